The fourth-order valence-corrected chi connectivity index (χ4v) is 1.38. The van der Waals surface area contributed by atoms with Gasteiger partial charge in [0, 0.05) is 13.2 Å². The van der Waals surface area contributed by atoms with Crippen LogP contribution in [0, 0.1) is 0 Å². The number of hydrazine groups is 1. The molecule has 5 nitrogen and oxygen atoms in total. The Kier molecular flexibility index (Phi) is 4.69. The van der Waals surface area contributed by atoms with Crippen molar-refractivity contribution >= 4 is 6.09 Å². The van der Waals surface area contributed by atoms with Crippen molar-refractivity contribution in [2.45, 2.75) is 32.2 Å². The molecule has 82 valence electrons. The summed E-state index contributed by atoms with van der Waals surface area (Å²) in [4.78, 5) is 11.3. The summed E-state index contributed by atoms with van der Waals surface area (Å²) in [5, 5.41) is 1.19. The maximum absolute atomic E-state index is 11.3. The van der Waals surface area contributed by atoms with Crippen molar-refractivity contribution in [1.29, 1.82) is 0 Å². The molecule has 14 heavy (non-hydrogen) atoms. The Morgan fingerprint density at radius 2 is 2.21 bits per heavy atom. The van der Waals surface area contributed by atoms with Gasteiger partial charge in [0.05, 0.1) is 12.6 Å². The van der Waals surface area contributed by atoms with Gasteiger partial charge in [-0.2, -0.15) is 0 Å². The molecule has 1 fully saturated rings. The minimum absolute atomic E-state index is 0.0631. The normalized spacial score (nSPS) is 17.9. The molecule has 5 heteroatoms. The number of rotatable bonds is 3. The quantitative estimate of drug-likeness (QED) is 0.419. The van der Waals surface area contributed by atoms with Crippen molar-refractivity contribution in [2.24, 2.45) is 5.84 Å². The van der Waals surface area contributed by atoms with Crippen LogP contribution in [0.15, 0.2) is 0 Å². The number of hydrogen-bond donors (Lipinski definition) is 1. The Morgan fingerprint density at radius 3 is 2.79 bits per heavy atom. The van der Waals surface area contributed by atoms with E-state index >= 15 is 0 Å². The second-order valence-corrected chi connectivity index (χ2v) is 3.37. The summed E-state index contributed by atoms with van der Waals surface area (Å²) in [6.07, 6.45) is 1.96. The maximum Gasteiger partial charge on any atom is 0.424 e. The van der Waals surface area contributed by atoms with Gasteiger partial charge in [0.2, 0.25) is 0 Å². The third-order valence-corrected chi connectivity index (χ3v) is 2.22. The van der Waals surface area contributed by atoms with E-state index in [0.29, 0.717) is 19.8 Å². The summed E-state index contributed by atoms with van der Waals surface area (Å²) in [7, 11) is 0. The lowest BCUT2D eigenvalue weighted by atomic mass is 10.1. The molecule has 0 aromatic rings. The van der Waals surface area contributed by atoms with Crippen LogP contribution in [-0.2, 0) is 9.47 Å². The van der Waals surface area contributed by atoms with Crippen molar-refractivity contribution in [3.8, 4) is 0 Å². The van der Waals surface area contributed by atoms with Crippen LogP contribution in [-0.4, -0.2) is 37.0 Å². The summed E-state index contributed by atoms with van der Waals surface area (Å²) in [6.45, 7) is 3.71. The topological polar surface area (TPSA) is 64.8 Å². The molecule has 1 aliphatic rings. The molecular weight excluding hydrogens is 184 g/mol. The van der Waals surface area contributed by atoms with Crippen LogP contribution < -0.4 is 5.84 Å². The first-order valence-corrected chi connectivity index (χ1v) is 5.04. The highest BCUT2D eigenvalue weighted by Gasteiger charge is 2.23. The lowest BCUT2D eigenvalue weighted by molar-refractivity contribution is 0.0259. The number of carbonyl (C=O) groups excluding carboxylic acids is 1. The summed E-state index contributed by atoms with van der Waals surface area (Å²) >= 11 is 0. The van der Waals surface area contributed by atoms with Crippen LogP contribution in [0.2, 0.25) is 0 Å². The van der Waals surface area contributed by atoms with Crippen LogP contribution in [0.1, 0.15) is 26.2 Å². The number of amides is 1. The summed E-state index contributed by atoms with van der Waals surface area (Å²) in [5.74, 6) is 5.64. The van der Waals surface area contributed by atoms with Gasteiger partial charge in [-0.15, -0.1) is 0 Å². The van der Waals surface area contributed by atoms with Gasteiger partial charge in [0.1, 0.15) is 0 Å². The SMILES string of the molecule is CCCOC(=O)N(N)C1CCOCC1. The zero-order chi connectivity index (χ0) is 10.4. The summed E-state index contributed by atoms with van der Waals surface area (Å²) < 4.78 is 10.1. The highest BCUT2D eigenvalue weighted by atomic mass is 16.6. The van der Waals surface area contributed by atoms with E-state index in [1.54, 1.807) is 0 Å². The van der Waals surface area contributed by atoms with Crippen LogP contribution in [0.5, 0.6) is 0 Å². The third-order valence-electron chi connectivity index (χ3n) is 2.22. The van der Waals surface area contributed by atoms with Gasteiger partial charge in [-0.25, -0.2) is 15.6 Å². The molecule has 1 saturated heterocycles. The zero-order valence-corrected chi connectivity index (χ0v) is 8.57. The van der Waals surface area contributed by atoms with Gasteiger partial charge in [-0.05, 0) is 19.3 Å². The van der Waals surface area contributed by atoms with E-state index in [1.807, 2.05) is 6.92 Å². The molecular formula is C9H18N2O3. The van der Waals surface area contributed by atoms with E-state index in [4.69, 9.17) is 15.3 Å². The minimum Gasteiger partial charge on any atom is -0.448 e. The molecule has 1 aliphatic heterocycles. The molecule has 0 bridgehead atoms. The third kappa shape index (κ3) is 3.16. The van der Waals surface area contributed by atoms with Crippen molar-refractivity contribution in [2.75, 3.05) is 19.8 Å². The summed E-state index contributed by atoms with van der Waals surface area (Å²) in [6, 6.07) is 0.0631. The van der Waals surface area contributed by atoms with Crippen molar-refractivity contribution in [1.82, 2.24) is 5.01 Å². The second kappa shape index (κ2) is 5.82. The predicted molar refractivity (Wildman–Crippen MR) is 51.5 cm³/mol. The van der Waals surface area contributed by atoms with Gasteiger partial charge in [0.15, 0.2) is 0 Å². The zero-order valence-electron chi connectivity index (χ0n) is 8.57. The lowest BCUT2D eigenvalue weighted by Crippen LogP contribution is -2.48. The Bertz CT molecular complexity index is 181. The van der Waals surface area contributed by atoms with Gasteiger partial charge < -0.3 is 9.47 Å². The average Bonchev–Trinajstić information content (AvgIpc) is 2.26. The number of carbonyl (C=O) groups is 1. The standard InChI is InChI=1S/C9H18N2O3/c1-2-5-14-9(12)11(10)8-3-6-13-7-4-8/h8H,2-7,10H2,1H3. The fraction of sp³-hybridized carbons (Fsp3) is 0.889. The first kappa shape index (κ1) is 11.3. The highest BCUT2D eigenvalue weighted by Crippen LogP contribution is 2.12. The molecule has 0 unspecified atom stereocenters. The molecule has 0 atom stereocenters. The number of nitrogens with zero attached hydrogens (tertiary/aromatic N) is 1. The molecule has 1 rings (SSSR count). The van der Waals surface area contributed by atoms with Crippen LogP contribution >= 0.6 is 0 Å². The monoisotopic (exact) mass is 202 g/mol. The number of ether oxygens (including phenoxy) is 2. The van der Waals surface area contributed by atoms with E-state index in [-0.39, 0.29) is 6.04 Å². The minimum atomic E-state index is -0.432. The second-order valence-electron chi connectivity index (χ2n) is 3.37. The van der Waals surface area contributed by atoms with Gasteiger partial charge >= 0.3 is 6.09 Å². The van der Waals surface area contributed by atoms with Gasteiger partial charge in [0.25, 0.3) is 0 Å². The van der Waals surface area contributed by atoms with Crippen LogP contribution in [0.25, 0.3) is 0 Å². The Hall–Kier alpha value is -0.810. The van der Waals surface area contributed by atoms with Crippen LogP contribution in [0.4, 0.5) is 4.79 Å². The highest BCUT2D eigenvalue weighted by molar-refractivity contribution is 5.67. The first-order chi connectivity index (χ1) is 6.75. The first-order valence-electron chi connectivity index (χ1n) is 5.04. The molecule has 0 aromatic heterocycles. The maximum atomic E-state index is 11.3. The molecule has 2 N–H and O–H groups in total. The van der Waals surface area contributed by atoms with Gasteiger partial charge in [-0.1, -0.05) is 6.92 Å². The van der Waals surface area contributed by atoms with E-state index in [9.17, 15) is 4.79 Å². The summed E-state index contributed by atoms with van der Waals surface area (Å²) in [5.41, 5.74) is 0. The predicted octanol–water partition coefficient (Wildman–Crippen LogP) is 0.888. The fourth-order valence-electron chi connectivity index (χ4n) is 1.38. The number of nitrogens with two attached hydrogens (primary N) is 1. The molecule has 0 radical (unpaired) electrons. The molecule has 0 spiro atoms. The Morgan fingerprint density at radius 1 is 1.57 bits per heavy atom. The molecule has 1 heterocycles. The molecule has 0 aromatic carbocycles. The van der Waals surface area contributed by atoms with Crippen molar-refractivity contribution < 1.29 is 14.3 Å². The van der Waals surface area contributed by atoms with Crippen molar-refractivity contribution in [3.05, 3.63) is 0 Å². The largest absolute Gasteiger partial charge is 0.448 e. The Labute approximate surface area is 84.1 Å². The van der Waals surface area contributed by atoms with Gasteiger partial charge in [-0.3, -0.25) is 0 Å². The van der Waals surface area contributed by atoms with E-state index in [1.165, 1.54) is 5.01 Å². The molecule has 0 aliphatic carbocycles. The van der Waals surface area contributed by atoms with Crippen molar-refractivity contribution in [3.63, 3.8) is 0 Å². The average molecular weight is 202 g/mol. The molecule has 0 saturated carbocycles. The Balaban J connectivity index is 2.30. The smallest absolute Gasteiger partial charge is 0.424 e. The van der Waals surface area contributed by atoms with E-state index in [0.717, 1.165) is 19.3 Å². The van der Waals surface area contributed by atoms with E-state index in [2.05, 4.69) is 0 Å². The number of hydrogen-bond acceptors (Lipinski definition) is 4. The molecule has 1 amide bonds. The van der Waals surface area contributed by atoms with Crippen LogP contribution in [0.3, 0.4) is 0 Å². The lowest BCUT2D eigenvalue weighted by Gasteiger charge is -2.29. The van der Waals surface area contributed by atoms with E-state index < -0.39 is 6.09 Å².